The molecule has 0 aliphatic carbocycles. The molecule has 0 aliphatic rings. The first-order valence-corrected chi connectivity index (χ1v) is 6.30. The van der Waals surface area contributed by atoms with E-state index in [-0.39, 0.29) is 17.0 Å². The molecule has 0 bridgehead atoms. The third kappa shape index (κ3) is 3.23. The van der Waals surface area contributed by atoms with Crippen LogP contribution >= 0.6 is 0 Å². The zero-order valence-corrected chi connectivity index (χ0v) is 11.1. The van der Waals surface area contributed by atoms with Crippen LogP contribution in [0.1, 0.15) is 23.7 Å². The van der Waals surface area contributed by atoms with E-state index >= 15 is 0 Å². The molecule has 6 heteroatoms. The number of carbonyl (C=O) groups excluding carboxylic acids is 1. The molecule has 0 aromatic carbocycles. The Morgan fingerprint density at radius 2 is 2.05 bits per heavy atom. The summed E-state index contributed by atoms with van der Waals surface area (Å²) in [6.45, 7) is 2.57. The fourth-order valence-corrected chi connectivity index (χ4v) is 1.78. The van der Waals surface area contributed by atoms with Gasteiger partial charge in [0.05, 0.1) is 11.3 Å². The molecule has 0 atom stereocenters. The Hall–Kier alpha value is -2.63. The van der Waals surface area contributed by atoms with Gasteiger partial charge in [0.15, 0.2) is 0 Å². The van der Waals surface area contributed by atoms with Crippen LogP contribution in [0.3, 0.4) is 0 Å². The van der Waals surface area contributed by atoms with E-state index in [1.54, 1.807) is 16.8 Å². The van der Waals surface area contributed by atoms with Crippen molar-refractivity contribution in [3.05, 3.63) is 62.9 Å². The van der Waals surface area contributed by atoms with Gasteiger partial charge in [0.25, 0.3) is 11.5 Å². The van der Waals surface area contributed by atoms with Crippen molar-refractivity contribution in [1.82, 2.24) is 9.55 Å². The quantitative estimate of drug-likeness (QED) is 0.877. The summed E-state index contributed by atoms with van der Waals surface area (Å²) in [5.74, 6) is -0.344. The molecule has 2 aromatic heterocycles. The van der Waals surface area contributed by atoms with E-state index in [0.717, 1.165) is 6.42 Å². The number of carbonyl (C=O) groups is 1. The van der Waals surface area contributed by atoms with Crippen molar-refractivity contribution in [2.45, 2.75) is 19.9 Å². The highest BCUT2D eigenvalue weighted by Gasteiger charge is 2.06. The van der Waals surface area contributed by atoms with Crippen molar-refractivity contribution < 1.29 is 4.79 Å². The first kappa shape index (κ1) is 13.8. The Morgan fingerprint density at radius 3 is 2.70 bits per heavy atom. The molecule has 2 aromatic rings. The number of hydrogen-bond donors (Lipinski definition) is 2. The van der Waals surface area contributed by atoms with Gasteiger partial charge in [0.2, 0.25) is 5.56 Å². The summed E-state index contributed by atoms with van der Waals surface area (Å²) < 4.78 is 1.54. The van der Waals surface area contributed by atoms with E-state index in [2.05, 4.69) is 10.3 Å². The van der Waals surface area contributed by atoms with Crippen LogP contribution in [0.25, 0.3) is 0 Å². The lowest BCUT2D eigenvalue weighted by atomic mass is 10.2. The maximum absolute atomic E-state index is 12.0. The molecule has 6 nitrogen and oxygen atoms in total. The number of aryl methyl sites for hydroxylation is 1. The predicted octanol–water partition coefficient (Wildman–Crippen LogP) is 1.20. The summed E-state index contributed by atoms with van der Waals surface area (Å²) >= 11 is 0. The minimum absolute atomic E-state index is 0.103. The molecule has 0 fully saturated rings. The van der Waals surface area contributed by atoms with Gasteiger partial charge in [0.1, 0.15) is 0 Å². The molecule has 0 saturated carbocycles. The zero-order chi connectivity index (χ0) is 14.5. The zero-order valence-electron chi connectivity index (χ0n) is 11.1. The van der Waals surface area contributed by atoms with Gasteiger partial charge in [-0.25, -0.2) is 0 Å². The SMILES string of the molecule is CCCn1cc(NC(=O)c2ccc(=O)[nH]c2)ccc1=O. The summed E-state index contributed by atoms with van der Waals surface area (Å²) in [5, 5.41) is 2.68. The van der Waals surface area contributed by atoms with Crippen LogP contribution in [0.4, 0.5) is 5.69 Å². The predicted molar refractivity (Wildman–Crippen MR) is 76.0 cm³/mol. The smallest absolute Gasteiger partial charge is 0.257 e. The topological polar surface area (TPSA) is 84.0 Å². The van der Waals surface area contributed by atoms with E-state index in [0.29, 0.717) is 17.8 Å². The van der Waals surface area contributed by atoms with E-state index in [9.17, 15) is 14.4 Å². The molecule has 0 radical (unpaired) electrons. The number of amides is 1. The van der Waals surface area contributed by atoms with Crippen molar-refractivity contribution >= 4 is 11.6 Å². The van der Waals surface area contributed by atoms with Crippen LogP contribution in [-0.4, -0.2) is 15.5 Å². The first-order valence-electron chi connectivity index (χ1n) is 6.30. The third-order valence-electron chi connectivity index (χ3n) is 2.75. The van der Waals surface area contributed by atoms with Gasteiger partial charge in [0, 0.05) is 31.1 Å². The number of nitrogens with zero attached hydrogens (tertiary/aromatic N) is 1. The molecular weight excluding hydrogens is 258 g/mol. The maximum Gasteiger partial charge on any atom is 0.257 e. The number of anilines is 1. The average Bonchev–Trinajstić information content (AvgIpc) is 2.43. The molecule has 2 rings (SSSR count). The Labute approximate surface area is 115 Å². The monoisotopic (exact) mass is 273 g/mol. The molecule has 2 N–H and O–H groups in total. The summed E-state index contributed by atoms with van der Waals surface area (Å²) in [7, 11) is 0. The van der Waals surface area contributed by atoms with Crippen LogP contribution < -0.4 is 16.4 Å². The van der Waals surface area contributed by atoms with Crippen LogP contribution in [0.15, 0.2) is 46.2 Å². The third-order valence-corrected chi connectivity index (χ3v) is 2.75. The Kier molecular flexibility index (Phi) is 4.14. The summed E-state index contributed by atoms with van der Waals surface area (Å²) in [6.07, 6.45) is 3.78. The second-order valence-corrected chi connectivity index (χ2v) is 4.35. The lowest BCUT2D eigenvalue weighted by molar-refractivity contribution is 0.102. The standard InChI is InChI=1S/C14H15N3O3/c1-2-7-17-9-11(4-6-13(17)19)16-14(20)10-3-5-12(18)15-8-10/h3-6,8-9H,2,7H2,1H3,(H,15,18)(H,16,20). The summed E-state index contributed by atoms with van der Waals surface area (Å²) in [4.78, 5) is 36.9. The minimum atomic E-state index is -0.344. The van der Waals surface area contributed by atoms with Crippen LogP contribution in [0.5, 0.6) is 0 Å². The number of H-pyrrole nitrogens is 1. The Morgan fingerprint density at radius 1 is 1.25 bits per heavy atom. The van der Waals surface area contributed by atoms with Crippen molar-refractivity contribution in [2.75, 3.05) is 5.32 Å². The van der Waals surface area contributed by atoms with Gasteiger partial charge < -0.3 is 14.9 Å². The lowest BCUT2D eigenvalue weighted by Crippen LogP contribution is -2.20. The largest absolute Gasteiger partial charge is 0.328 e. The molecule has 104 valence electrons. The molecule has 0 spiro atoms. The molecular formula is C14H15N3O3. The van der Waals surface area contributed by atoms with Gasteiger partial charge in [-0.2, -0.15) is 0 Å². The number of pyridine rings is 2. The van der Waals surface area contributed by atoms with Gasteiger partial charge in [-0.15, -0.1) is 0 Å². The second kappa shape index (κ2) is 6.01. The van der Waals surface area contributed by atoms with Crippen molar-refractivity contribution in [1.29, 1.82) is 0 Å². The minimum Gasteiger partial charge on any atom is -0.328 e. The van der Waals surface area contributed by atoms with Gasteiger partial charge in [-0.1, -0.05) is 6.92 Å². The number of hydrogen-bond acceptors (Lipinski definition) is 3. The van der Waals surface area contributed by atoms with Crippen molar-refractivity contribution in [3.63, 3.8) is 0 Å². The first-order chi connectivity index (χ1) is 9.60. The summed E-state index contributed by atoms with van der Waals surface area (Å²) in [6, 6.07) is 5.69. The molecule has 0 saturated heterocycles. The number of aromatic amines is 1. The number of rotatable bonds is 4. The summed E-state index contributed by atoms with van der Waals surface area (Å²) in [5.41, 5.74) is 0.513. The highest BCUT2D eigenvalue weighted by atomic mass is 16.2. The van der Waals surface area contributed by atoms with E-state index in [4.69, 9.17) is 0 Å². The van der Waals surface area contributed by atoms with Gasteiger partial charge in [-0.05, 0) is 18.6 Å². The molecule has 20 heavy (non-hydrogen) atoms. The van der Waals surface area contributed by atoms with Crippen molar-refractivity contribution in [2.24, 2.45) is 0 Å². The maximum atomic E-state index is 12.0. The number of nitrogens with one attached hydrogen (secondary N) is 2. The van der Waals surface area contributed by atoms with Crippen LogP contribution in [0, 0.1) is 0 Å². The Balaban J connectivity index is 2.19. The van der Waals surface area contributed by atoms with Gasteiger partial charge >= 0.3 is 0 Å². The van der Waals surface area contributed by atoms with Crippen molar-refractivity contribution in [3.8, 4) is 0 Å². The molecule has 0 unspecified atom stereocenters. The van der Waals surface area contributed by atoms with Crippen LogP contribution in [0.2, 0.25) is 0 Å². The van der Waals surface area contributed by atoms with E-state index in [1.807, 2.05) is 6.92 Å². The number of aromatic nitrogens is 2. The highest BCUT2D eigenvalue weighted by Crippen LogP contribution is 2.06. The molecule has 2 heterocycles. The molecule has 0 aliphatic heterocycles. The Bertz CT molecular complexity index is 710. The van der Waals surface area contributed by atoms with Crippen LogP contribution in [-0.2, 0) is 6.54 Å². The fraction of sp³-hybridized carbons (Fsp3) is 0.214. The second-order valence-electron chi connectivity index (χ2n) is 4.35. The lowest BCUT2D eigenvalue weighted by Gasteiger charge is -2.08. The van der Waals surface area contributed by atoms with E-state index in [1.165, 1.54) is 24.4 Å². The normalized spacial score (nSPS) is 10.2. The fourth-order valence-electron chi connectivity index (χ4n) is 1.78. The van der Waals surface area contributed by atoms with E-state index < -0.39 is 0 Å². The molecule has 1 amide bonds. The average molecular weight is 273 g/mol. The van der Waals surface area contributed by atoms with Gasteiger partial charge in [-0.3, -0.25) is 14.4 Å². The highest BCUT2D eigenvalue weighted by molar-refractivity contribution is 6.03.